The Bertz CT molecular complexity index is 410. The molecule has 0 saturated heterocycles. The fourth-order valence-corrected chi connectivity index (χ4v) is 1.39. The van der Waals surface area contributed by atoms with E-state index in [0.29, 0.717) is 17.3 Å². The first kappa shape index (κ1) is 13.5. The maximum atomic E-state index is 12.9. The van der Waals surface area contributed by atoms with Crippen LogP contribution in [0.3, 0.4) is 0 Å². The molecule has 0 heterocycles. The predicted octanol–water partition coefficient (Wildman–Crippen LogP) is 2.45. The van der Waals surface area contributed by atoms with Crippen LogP contribution in [0.5, 0.6) is 0 Å². The number of hydrogen-bond acceptors (Lipinski definition) is 3. The van der Waals surface area contributed by atoms with Crippen molar-refractivity contribution in [1.29, 1.82) is 5.26 Å². The lowest BCUT2D eigenvalue weighted by atomic mass is 10.2. The van der Waals surface area contributed by atoms with Gasteiger partial charge in [-0.1, -0.05) is 0 Å². The Balaban J connectivity index is 2.55. The van der Waals surface area contributed by atoms with Crippen molar-refractivity contribution in [2.75, 3.05) is 25.5 Å². The van der Waals surface area contributed by atoms with E-state index in [2.05, 4.69) is 24.1 Å². The first-order valence-corrected chi connectivity index (χ1v) is 5.68. The second kappa shape index (κ2) is 6.21. The van der Waals surface area contributed by atoms with Crippen molar-refractivity contribution < 1.29 is 4.39 Å². The van der Waals surface area contributed by atoms with Crippen LogP contribution in [0.1, 0.15) is 19.4 Å². The molecule has 0 aromatic heterocycles. The Kier molecular flexibility index (Phi) is 4.92. The SMILES string of the molecule is CC(C)N(C)CCNc1ccc(F)cc1C#N. The highest BCUT2D eigenvalue weighted by Gasteiger charge is 2.05. The number of anilines is 1. The summed E-state index contributed by atoms with van der Waals surface area (Å²) in [6, 6.07) is 6.67. The zero-order valence-electron chi connectivity index (χ0n) is 10.5. The van der Waals surface area contributed by atoms with Crippen molar-refractivity contribution in [3.63, 3.8) is 0 Å². The molecule has 0 aliphatic rings. The minimum atomic E-state index is -0.383. The van der Waals surface area contributed by atoms with E-state index in [1.165, 1.54) is 12.1 Å². The Morgan fingerprint density at radius 2 is 2.18 bits per heavy atom. The van der Waals surface area contributed by atoms with E-state index in [1.807, 2.05) is 13.1 Å². The average molecular weight is 235 g/mol. The maximum absolute atomic E-state index is 12.9. The van der Waals surface area contributed by atoms with Gasteiger partial charge in [0.05, 0.1) is 11.3 Å². The van der Waals surface area contributed by atoms with Crippen LogP contribution >= 0.6 is 0 Å². The second-order valence-electron chi connectivity index (χ2n) is 4.30. The van der Waals surface area contributed by atoms with Crippen molar-refractivity contribution in [3.05, 3.63) is 29.6 Å². The van der Waals surface area contributed by atoms with Gasteiger partial charge in [-0.25, -0.2) is 4.39 Å². The number of nitrogens with zero attached hydrogens (tertiary/aromatic N) is 2. The summed E-state index contributed by atoms with van der Waals surface area (Å²) in [5.74, 6) is -0.383. The number of rotatable bonds is 5. The molecule has 3 nitrogen and oxygen atoms in total. The van der Waals surface area contributed by atoms with Gasteiger partial charge in [0.1, 0.15) is 11.9 Å². The van der Waals surface area contributed by atoms with E-state index in [9.17, 15) is 4.39 Å². The van der Waals surface area contributed by atoms with E-state index in [0.717, 1.165) is 13.1 Å². The molecule has 1 N–H and O–H groups in total. The molecular weight excluding hydrogens is 217 g/mol. The maximum Gasteiger partial charge on any atom is 0.124 e. The van der Waals surface area contributed by atoms with Crippen LogP contribution in [0.25, 0.3) is 0 Å². The molecule has 0 fully saturated rings. The number of hydrogen-bond donors (Lipinski definition) is 1. The predicted molar refractivity (Wildman–Crippen MR) is 67.4 cm³/mol. The first-order valence-electron chi connectivity index (χ1n) is 5.68. The molecule has 1 aromatic carbocycles. The standard InChI is InChI=1S/C13H18FN3/c1-10(2)17(3)7-6-16-13-5-4-12(14)8-11(13)9-15/h4-5,8,10,16H,6-7H2,1-3H3. The van der Waals surface area contributed by atoms with Gasteiger partial charge in [0.2, 0.25) is 0 Å². The highest BCUT2D eigenvalue weighted by Crippen LogP contribution is 2.15. The van der Waals surface area contributed by atoms with Crippen molar-refractivity contribution in [3.8, 4) is 6.07 Å². The van der Waals surface area contributed by atoms with Crippen molar-refractivity contribution in [2.45, 2.75) is 19.9 Å². The molecule has 0 bridgehead atoms. The van der Waals surface area contributed by atoms with Crippen LogP contribution in [0.2, 0.25) is 0 Å². The van der Waals surface area contributed by atoms with Crippen LogP contribution in [0.4, 0.5) is 10.1 Å². The second-order valence-corrected chi connectivity index (χ2v) is 4.30. The number of halogens is 1. The number of likely N-dealkylation sites (N-methyl/N-ethyl adjacent to an activating group) is 1. The van der Waals surface area contributed by atoms with Gasteiger partial charge in [-0.15, -0.1) is 0 Å². The van der Waals surface area contributed by atoms with Crippen molar-refractivity contribution in [1.82, 2.24) is 4.90 Å². The summed E-state index contributed by atoms with van der Waals surface area (Å²) in [5.41, 5.74) is 1.03. The minimum Gasteiger partial charge on any atom is -0.383 e. The Morgan fingerprint density at radius 1 is 1.47 bits per heavy atom. The van der Waals surface area contributed by atoms with Gasteiger partial charge in [-0.2, -0.15) is 5.26 Å². The van der Waals surface area contributed by atoms with E-state index in [-0.39, 0.29) is 5.82 Å². The molecule has 1 aromatic rings. The smallest absolute Gasteiger partial charge is 0.124 e. The molecular formula is C13H18FN3. The van der Waals surface area contributed by atoms with Crippen molar-refractivity contribution >= 4 is 5.69 Å². The van der Waals surface area contributed by atoms with Gasteiger partial charge < -0.3 is 10.2 Å². The van der Waals surface area contributed by atoms with Gasteiger partial charge in [-0.05, 0) is 39.1 Å². The van der Waals surface area contributed by atoms with Crippen LogP contribution in [-0.4, -0.2) is 31.1 Å². The zero-order valence-corrected chi connectivity index (χ0v) is 10.5. The minimum absolute atomic E-state index is 0.345. The quantitative estimate of drug-likeness (QED) is 0.852. The van der Waals surface area contributed by atoms with Gasteiger partial charge in [0.25, 0.3) is 0 Å². The lowest BCUT2D eigenvalue weighted by Crippen LogP contribution is -2.31. The molecule has 17 heavy (non-hydrogen) atoms. The highest BCUT2D eigenvalue weighted by molar-refractivity contribution is 5.57. The molecule has 0 aliphatic carbocycles. The number of benzene rings is 1. The third kappa shape index (κ3) is 4.04. The van der Waals surface area contributed by atoms with Crippen molar-refractivity contribution in [2.24, 2.45) is 0 Å². The molecule has 0 spiro atoms. The molecule has 0 unspecified atom stereocenters. The molecule has 1 rings (SSSR count). The Labute approximate surface area is 102 Å². The summed E-state index contributed by atoms with van der Waals surface area (Å²) in [6.45, 7) is 5.85. The summed E-state index contributed by atoms with van der Waals surface area (Å²) in [5, 5.41) is 12.0. The van der Waals surface area contributed by atoms with E-state index in [1.54, 1.807) is 6.07 Å². The molecule has 0 aliphatic heterocycles. The largest absolute Gasteiger partial charge is 0.383 e. The third-order valence-corrected chi connectivity index (χ3v) is 2.76. The fraction of sp³-hybridized carbons (Fsp3) is 0.462. The van der Waals surface area contributed by atoms with Crippen LogP contribution in [0, 0.1) is 17.1 Å². The first-order chi connectivity index (χ1) is 8.04. The third-order valence-electron chi connectivity index (χ3n) is 2.76. The van der Waals surface area contributed by atoms with Crippen LogP contribution in [0.15, 0.2) is 18.2 Å². The number of nitrogens with one attached hydrogen (secondary N) is 1. The van der Waals surface area contributed by atoms with Crippen LogP contribution < -0.4 is 5.32 Å². The lowest BCUT2D eigenvalue weighted by Gasteiger charge is -2.21. The molecule has 0 saturated carbocycles. The molecule has 0 amide bonds. The zero-order chi connectivity index (χ0) is 12.8. The molecule has 92 valence electrons. The van der Waals surface area contributed by atoms with E-state index >= 15 is 0 Å². The molecule has 0 atom stereocenters. The monoisotopic (exact) mass is 235 g/mol. The summed E-state index contributed by atoms with van der Waals surface area (Å²) in [6.07, 6.45) is 0. The van der Waals surface area contributed by atoms with Gasteiger partial charge in [0, 0.05) is 19.1 Å². The summed E-state index contributed by atoms with van der Waals surface area (Å²) < 4.78 is 12.9. The topological polar surface area (TPSA) is 39.1 Å². The van der Waals surface area contributed by atoms with Gasteiger partial charge in [0.15, 0.2) is 0 Å². The summed E-state index contributed by atoms with van der Waals surface area (Å²) in [7, 11) is 2.04. The molecule has 0 radical (unpaired) electrons. The van der Waals surface area contributed by atoms with Gasteiger partial charge >= 0.3 is 0 Å². The summed E-state index contributed by atoms with van der Waals surface area (Å²) >= 11 is 0. The summed E-state index contributed by atoms with van der Waals surface area (Å²) in [4.78, 5) is 2.20. The van der Waals surface area contributed by atoms with E-state index in [4.69, 9.17) is 5.26 Å². The normalized spacial score (nSPS) is 10.6. The molecule has 4 heteroatoms. The number of nitriles is 1. The average Bonchev–Trinajstić information content (AvgIpc) is 2.30. The Hall–Kier alpha value is -1.60. The van der Waals surface area contributed by atoms with Gasteiger partial charge in [-0.3, -0.25) is 0 Å². The lowest BCUT2D eigenvalue weighted by molar-refractivity contribution is 0.284. The fourth-order valence-electron chi connectivity index (χ4n) is 1.39. The Morgan fingerprint density at radius 3 is 2.76 bits per heavy atom. The van der Waals surface area contributed by atoms with Crippen LogP contribution in [-0.2, 0) is 0 Å². The highest BCUT2D eigenvalue weighted by atomic mass is 19.1. The van der Waals surface area contributed by atoms with E-state index < -0.39 is 0 Å².